The summed E-state index contributed by atoms with van der Waals surface area (Å²) < 4.78 is 0. The number of primary amides is 1. The van der Waals surface area contributed by atoms with Crippen LogP contribution < -0.4 is 65.5 Å². The van der Waals surface area contributed by atoms with E-state index in [1.807, 2.05) is 0 Å². The first kappa shape index (κ1) is 62.7. The number of carboxylic acid groups (broad SMARTS) is 2. The number of nitrogens with one attached hydrogen (secondary N) is 9. The maximum Gasteiger partial charge on any atom is 0.326 e. The van der Waals surface area contributed by atoms with Gasteiger partial charge in [-0.05, 0) is 64.2 Å². The molecular weight excluding hydrogens is 995 g/mol. The lowest BCUT2D eigenvalue weighted by Crippen LogP contribution is -2.61. The van der Waals surface area contributed by atoms with E-state index < -0.39 is 158 Å². The van der Waals surface area contributed by atoms with Gasteiger partial charge in [-0.25, -0.2) is 9.78 Å². The molecule has 2 rings (SSSR count). The third-order valence-corrected chi connectivity index (χ3v) is 10.9. The number of carboxylic acids is 2. The first-order chi connectivity index (χ1) is 35.2. The van der Waals surface area contributed by atoms with Crippen LogP contribution in [0.25, 0.3) is 0 Å². The molecule has 22 N–H and O–H groups in total. The molecule has 10 atom stereocenters. The number of benzene rings is 1. The van der Waals surface area contributed by atoms with E-state index in [9.17, 15) is 78.3 Å². The van der Waals surface area contributed by atoms with Crippen LogP contribution in [0.4, 0.5) is 0 Å². The van der Waals surface area contributed by atoms with Crippen molar-refractivity contribution in [1.82, 2.24) is 52.5 Å². The molecule has 0 aliphatic heterocycles. The van der Waals surface area contributed by atoms with Gasteiger partial charge in [0.05, 0.1) is 25.1 Å². The summed E-state index contributed by atoms with van der Waals surface area (Å²) in [5.74, 6) is -12.4. The van der Waals surface area contributed by atoms with Gasteiger partial charge in [0.1, 0.15) is 54.1 Å². The normalized spacial score (nSPS) is 14.9. The van der Waals surface area contributed by atoms with Crippen molar-refractivity contribution in [3.8, 4) is 5.75 Å². The highest BCUT2D eigenvalue weighted by Gasteiger charge is 2.35. The molecular formula is C44H67N15O16. The van der Waals surface area contributed by atoms with E-state index >= 15 is 0 Å². The Morgan fingerprint density at radius 2 is 1.19 bits per heavy atom. The largest absolute Gasteiger partial charge is 0.508 e. The number of carbonyl (C=O) groups excluding carboxylic acids is 9. The smallest absolute Gasteiger partial charge is 0.326 e. The van der Waals surface area contributed by atoms with Crippen molar-refractivity contribution in [3.05, 3.63) is 48.0 Å². The standard InChI is InChI=1S/C44H67N15O16/c1-20(36(67)54-26(5-4-14-50-44(47)48)38(69)58-30(43(74)75)15-23-6-8-25(62)9-7-23)53-32(64)18-51-37(68)29(16-24-17-49-19-52-24)57-40(71)27(10-12-31(45)63)55-39(70)28(11-13-33(65)66)56-42(73)35(22(3)61)59-41(72)34(46)21(2)60/h6-9,17,19-22,26-30,34-35,60-62H,4-5,10-16,18,46H2,1-3H3,(H2,45,63)(H,49,52)(H,51,68)(H,53,64)(H,54,67)(H,55,70)(H,56,73)(H,57,71)(H,58,69)(H,59,72)(H,65,66)(H,74,75)(H4,47,48,50)/t20-,21+,22+,26-,27-,28-,29-,30-,34-,35-/m0/s1. The second-order valence-electron chi connectivity index (χ2n) is 17.2. The molecule has 1 aromatic heterocycles. The molecule has 9 amide bonds. The number of nitrogens with zero attached hydrogens (tertiary/aromatic N) is 2. The van der Waals surface area contributed by atoms with Gasteiger partial charge in [-0.1, -0.05) is 12.1 Å². The highest BCUT2D eigenvalue weighted by molar-refractivity contribution is 5.98. The number of aliphatic carboxylic acids is 2. The molecule has 1 heterocycles. The third-order valence-electron chi connectivity index (χ3n) is 10.9. The van der Waals surface area contributed by atoms with Gasteiger partial charge >= 0.3 is 11.9 Å². The fourth-order valence-electron chi connectivity index (χ4n) is 6.66. The average Bonchev–Trinajstić information content (AvgIpc) is 3.85. The van der Waals surface area contributed by atoms with Crippen LogP contribution in [-0.2, 0) is 65.6 Å². The summed E-state index contributed by atoms with van der Waals surface area (Å²) in [6, 6.07) is -6.98. The van der Waals surface area contributed by atoms with Crippen molar-refractivity contribution in [3.63, 3.8) is 0 Å². The molecule has 0 radical (unpaired) electrons. The maximum atomic E-state index is 13.9. The number of aliphatic hydroxyl groups excluding tert-OH is 2. The van der Waals surface area contributed by atoms with E-state index in [1.54, 1.807) is 0 Å². The zero-order valence-electron chi connectivity index (χ0n) is 41.2. The number of aliphatic hydroxyl groups is 2. The van der Waals surface area contributed by atoms with Gasteiger partial charge in [0.2, 0.25) is 53.2 Å². The number of aromatic amines is 1. The lowest BCUT2D eigenvalue weighted by molar-refractivity contribution is -0.142. The summed E-state index contributed by atoms with van der Waals surface area (Å²) in [5.41, 5.74) is 22.5. The molecule has 0 unspecified atom stereocenters. The summed E-state index contributed by atoms with van der Waals surface area (Å²) >= 11 is 0. The van der Waals surface area contributed by atoms with Gasteiger partial charge in [0, 0.05) is 44.1 Å². The minimum Gasteiger partial charge on any atom is -0.508 e. The van der Waals surface area contributed by atoms with Gasteiger partial charge in [-0.15, -0.1) is 0 Å². The van der Waals surface area contributed by atoms with Crippen LogP contribution in [0.1, 0.15) is 70.6 Å². The van der Waals surface area contributed by atoms with Crippen LogP contribution in [0.5, 0.6) is 5.75 Å². The summed E-state index contributed by atoms with van der Waals surface area (Å²) in [4.78, 5) is 153. The number of hydrogen-bond donors (Lipinski definition) is 18. The molecule has 1 aromatic carbocycles. The van der Waals surface area contributed by atoms with E-state index in [0.717, 1.165) is 6.92 Å². The fourth-order valence-corrected chi connectivity index (χ4v) is 6.66. The number of imidazole rings is 1. The van der Waals surface area contributed by atoms with Crippen LogP contribution in [-0.4, -0.2) is 180 Å². The third kappa shape index (κ3) is 23.3. The van der Waals surface area contributed by atoms with Crippen molar-refractivity contribution in [2.24, 2.45) is 27.9 Å². The Hall–Kier alpha value is -8.45. The summed E-state index contributed by atoms with van der Waals surface area (Å²) in [7, 11) is 0. The van der Waals surface area contributed by atoms with Crippen molar-refractivity contribution in [2.45, 2.75) is 133 Å². The molecule has 75 heavy (non-hydrogen) atoms. The van der Waals surface area contributed by atoms with Crippen molar-refractivity contribution in [2.75, 3.05) is 13.1 Å². The Morgan fingerprint density at radius 1 is 0.640 bits per heavy atom. The predicted octanol–water partition coefficient (Wildman–Crippen LogP) is -7.21. The molecule has 414 valence electrons. The zero-order chi connectivity index (χ0) is 56.5. The summed E-state index contributed by atoms with van der Waals surface area (Å²) in [6.45, 7) is 2.75. The fraction of sp³-hybridized carbons (Fsp3) is 0.523. The maximum absolute atomic E-state index is 13.9. The number of H-pyrrole nitrogens is 1. The van der Waals surface area contributed by atoms with Gasteiger partial charge in [-0.3, -0.25) is 52.9 Å². The molecule has 31 heteroatoms. The van der Waals surface area contributed by atoms with Crippen LogP contribution in [0.3, 0.4) is 0 Å². The van der Waals surface area contributed by atoms with Crippen LogP contribution in [0.15, 0.2) is 41.8 Å². The lowest BCUT2D eigenvalue weighted by Gasteiger charge is -2.27. The van der Waals surface area contributed by atoms with Gasteiger partial charge in [0.25, 0.3) is 0 Å². The Bertz CT molecular complexity index is 2330. The van der Waals surface area contributed by atoms with Gasteiger partial charge < -0.3 is 96.0 Å². The molecule has 2 aromatic rings. The SMILES string of the molecule is C[C@H](NC(=O)CNC(=O)[C@H](Cc1cnc[nH]1)NC(=O)[C@H](CCC(N)=O)NC(=O)[C@H](CCC(=O)O)NC(=O)[C@@H](NC(=O)[C@@H](N)[C@@H](C)O)[C@@H](C)O)C(=O)N[C@@H](CCCN=C(N)N)C(=O)N[C@@H](Cc1ccc(O)cc1)C(=O)O. The van der Waals surface area contributed by atoms with Gasteiger partial charge in [0.15, 0.2) is 5.96 Å². The van der Waals surface area contributed by atoms with Crippen molar-refractivity contribution in [1.29, 1.82) is 0 Å². The monoisotopic (exact) mass is 1060 g/mol. The second-order valence-corrected chi connectivity index (χ2v) is 17.2. The summed E-state index contributed by atoms with van der Waals surface area (Å²) in [6.07, 6.45) is -3.28. The van der Waals surface area contributed by atoms with E-state index in [-0.39, 0.29) is 49.6 Å². The number of phenolic OH excluding ortho intramolecular Hbond substituents is 1. The Morgan fingerprint density at radius 3 is 1.71 bits per heavy atom. The van der Waals surface area contributed by atoms with E-state index in [4.69, 9.17) is 22.9 Å². The van der Waals surface area contributed by atoms with Crippen LogP contribution >= 0.6 is 0 Å². The number of rotatable bonds is 33. The molecule has 0 spiro atoms. The predicted molar refractivity (Wildman–Crippen MR) is 260 cm³/mol. The molecule has 0 aliphatic carbocycles. The molecule has 0 saturated heterocycles. The number of nitrogens with two attached hydrogens (primary N) is 4. The minimum atomic E-state index is -1.78. The number of hydrogen-bond acceptors (Lipinski definition) is 17. The van der Waals surface area contributed by atoms with Crippen molar-refractivity contribution >= 4 is 71.1 Å². The first-order valence-corrected chi connectivity index (χ1v) is 23.2. The Labute approximate surface area is 428 Å². The van der Waals surface area contributed by atoms with E-state index in [0.29, 0.717) is 5.56 Å². The zero-order valence-corrected chi connectivity index (χ0v) is 41.2. The molecule has 31 nitrogen and oxygen atoms in total. The number of amides is 9. The minimum absolute atomic E-state index is 0.0295. The second kappa shape index (κ2) is 31.2. The average molecular weight is 1060 g/mol. The Balaban J connectivity index is 2.26. The highest BCUT2D eigenvalue weighted by atomic mass is 16.4. The van der Waals surface area contributed by atoms with E-state index in [2.05, 4.69) is 57.5 Å². The first-order valence-electron chi connectivity index (χ1n) is 23.2. The topological polar surface area (TPSA) is 530 Å². The number of aromatic hydroxyl groups is 1. The van der Waals surface area contributed by atoms with Crippen molar-refractivity contribution < 1.29 is 78.3 Å². The van der Waals surface area contributed by atoms with Gasteiger partial charge in [-0.2, -0.15) is 0 Å². The highest BCUT2D eigenvalue weighted by Crippen LogP contribution is 2.13. The Kier molecular flexibility index (Phi) is 26.1. The van der Waals surface area contributed by atoms with Crippen LogP contribution in [0, 0.1) is 0 Å². The molecule has 0 aliphatic rings. The summed E-state index contributed by atoms with van der Waals surface area (Å²) in [5, 5.41) is 67.3. The molecule has 0 fully saturated rings. The quantitative estimate of drug-likeness (QED) is 0.0179. The molecule has 0 bridgehead atoms. The number of carbonyl (C=O) groups is 11. The number of aromatic nitrogens is 2. The number of phenols is 1. The lowest BCUT2D eigenvalue weighted by atomic mass is 10.0. The number of guanidine groups is 1. The number of aliphatic imine (C=N–C) groups is 1. The van der Waals surface area contributed by atoms with Crippen LogP contribution in [0.2, 0.25) is 0 Å². The molecule has 0 saturated carbocycles. The van der Waals surface area contributed by atoms with E-state index in [1.165, 1.54) is 50.6 Å².